The number of nitro benzene ring substituents is 1. The molecular weight excluding hydrogens is 380 g/mol. The van der Waals surface area contributed by atoms with Crippen molar-refractivity contribution < 1.29 is 28.8 Å². The van der Waals surface area contributed by atoms with Gasteiger partial charge in [-0.25, -0.2) is 9.59 Å². The van der Waals surface area contributed by atoms with Crippen molar-refractivity contribution in [3.05, 3.63) is 75.3 Å². The number of carbonyl (C=O) groups excluding carboxylic acids is 3. The van der Waals surface area contributed by atoms with E-state index in [2.05, 4.69) is 10.1 Å². The molecule has 1 N–H and O–H groups in total. The van der Waals surface area contributed by atoms with Crippen molar-refractivity contribution in [3.63, 3.8) is 0 Å². The summed E-state index contributed by atoms with van der Waals surface area (Å²) < 4.78 is 9.50. The molecule has 0 aromatic heterocycles. The SMILES string of the molecule is COC(=O)c1ccc(C)c(NC(=O)COC(=O)/C=C/c2ccc([N+](=O)[O-])cc2)c1. The highest BCUT2D eigenvalue weighted by atomic mass is 16.6. The van der Waals surface area contributed by atoms with Gasteiger partial charge in [-0.15, -0.1) is 0 Å². The molecule has 0 aliphatic heterocycles. The molecule has 0 heterocycles. The number of non-ortho nitro benzene ring substituents is 1. The van der Waals surface area contributed by atoms with Crippen LogP contribution in [-0.2, 0) is 19.1 Å². The summed E-state index contributed by atoms with van der Waals surface area (Å²) >= 11 is 0. The minimum Gasteiger partial charge on any atom is -0.465 e. The number of methoxy groups -OCH3 is 1. The molecule has 0 atom stereocenters. The van der Waals surface area contributed by atoms with Gasteiger partial charge < -0.3 is 14.8 Å². The number of benzene rings is 2. The van der Waals surface area contributed by atoms with E-state index >= 15 is 0 Å². The molecule has 0 saturated heterocycles. The Kier molecular flexibility index (Phi) is 7.19. The van der Waals surface area contributed by atoms with Crippen LogP contribution < -0.4 is 5.32 Å². The van der Waals surface area contributed by atoms with Crippen molar-refractivity contribution >= 4 is 35.3 Å². The first-order valence-corrected chi connectivity index (χ1v) is 8.38. The van der Waals surface area contributed by atoms with E-state index in [0.717, 1.165) is 11.6 Å². The second-order valence-electron chi connectivity index (χ2n) is 5.86. The summed E-state index contributed by atoms with van der Waals surface area (Å²) in [5.74, 6) is -1.87. The lowest BCUT2D eigenvalue weighted by molar-refractivity contribution is -0.384. The fraction of sp³-hybridized carbons (Fsp3) is 0.150. The first-order valence-electron chi connectivity index (χ1n) is 8.38. The van der Waals surface area contributed by atoms with Crippen LogP contribution in [0.2, 0.25) is 0 Å². The lowest BCUT2D eigenvalue weighted by Gasteiger charge is -2.10. The number of nitrogens with zero attached hydrogens (tertiary/aromatic N) is 1. The van der Waals surface area contributed by atoms with Crippen LogP contribution in [0, 0.1) is 17.0 Å². The number of hydrogen-bond acceptors (Lipinski definition) is 7. The summed E-state index contributed by atoms with van der Waals surface area (Å²) in [5, 5.41) is 13.2. The molecule has 2 aromatic rings. The first-order chi connectivity index (χ1) is 13.8. The third-order valence-corrected chi connectivity index (χ3v) is 3.79. The monoisotopic (exact) mass is 398 g/mol. The zero-order valence-electron chi connectivity index (χ0n) is 15.7. The molecule has 0 unspecified atom stereocenters. The quantitative estimate of drug-likeness (QED) is 0.329. The van der Waals surface area contributed by atoms with E-state index in [4.69, 9.17) is 4.74 Å². The molecule has 0 aliphatic carbocycles. The molecule has 2 rings (SSSR count). The number of nitro groups is 1. The van der Waals surface area contributed by atoms with E-state index in [-0.39, 0.29) is 11.3 Å². The number of amides is 1. The van der Waals surface area contributed by atoms with E-state index in [1.165, 1.54) is 43.5 Å². The Morgan fingerprint density at radius 2 is 1.83 bits per heavy atom. The topological polar surface area (TPSA) is 125 Å². The molecule has 29 heavy (non-hydrogen) atoms. The van der Waals surface area contributed by atoms with Crippen LogP contribution in [-0.4, -0.2) is 36.5 Å². The van der Waals surface area contributed by atoms with Gasteiger partial charge in [-0.1, -0.05) is 6.07 Å². The molecule has 2 aromatic carbocycles. The van der Waals surface area contributed by atoms with E-state index in [9.17, 15) is 24.5 Å². The number of hydrogen-bond donors (Lipinski definition) is 1. The standard InChI is InChI=1S/C20H18N2O7/c1-13-3-7-15(20(25)28-2)11-17(13)21-18(23)12-29-19(24)10-6-14-4-8-16(9-5-14)22(26)27/h3-11H,12H2,1-2H3,(H,21,23)/b10-6+. The van der Waals surface area contributed by atoms with Crippen LogP contribution in [0.25, 0.3) is 6.08 Å². The van der Waals surface area contributed by atoms with Crippen LogP contribution >= 0.6 is 0 Å². The van der Waals surface area contributed by atoms with Gasteiger partial charge in [0.25, 0.3) is 11.6 Å². The Morgan fingerprint density at radius 1 is 1.14 bits per heavy atom. The molecule has 1 amide bonds. The fourth-order valence-corrected chi connectivity index (χ4v) is 2.24. The molecule has 0 radical (unpaired) electrons. The first kappa shape index (κ1) is 21.3. The summed E-state index contributed by atoms with van der Waals surface area (Å²) in [6.07, 6.45) is 2.52. The average Bonchev–Trinajstić information content (AvgIpc) is 2.72. The Labute approximate surface area is 166 Å². The number of nitrogens with one attached hydrogen (secondary N) is 1. The van der Waals surface area contributed by atoms with Crippen LogP contribution in [0.15, 0.2) is 48.5 Å². The maximum absolute atomic E-state index is 12.0. The van der Waals surface area contributed by atoms with E-state index in [1.807, 2.05) is 0 Å². The van der Waals surface area contributed by atoms with Gasteiger partial charge in [0.1, 0.15) is 0 Å². The van der Waals surface area contributed by atoms with Gasteiger partial charge in [-0.3, -0.25) is 14.9 Å². The van der Waals surface area contributed by atoms with Gasteiger partial charge in [0, 0.05) is 23.9 Å². The maximum Gasteiger partial charge on any atom is 0.337 e. The van der Waals surface area contributed by atoms with Gasteiger partial charge in [-0.05, 0) is 48.4 Å². The molecule has 9 heteroatoms. The third-order valence-electron chi connectivity index (χ3n) is 3.79. The third kappa shape index (κ3) is 6.28. The highest BCUT2D eigenvalue weighted by Gasteiger charge is 2.11. The highest BCUT2D eigenvalue weighted by molar-refractivity contribution is 5.97. The largest absolute Gasteiger partial charge is 0.465 e. The fourth-order valence-electron chi connectivity index (χ4n) is 2.24. The van der Waals surface area contributed by atoms with Crippen molar-refractivity contribution in [2.24, 2.45) is 0 Å². The van der Waals surface area contributed by atoms with Gasteiger partial charge in [0.05, 0.1) is 17.6 Å². The smallest absolute Gasteiger partial charge is 0.337 e. The number of esters is 2. The normalized spacial score (nSPS) is 10.4. The Bertz CT molecular complexity index is 965. The van der Waals surface area contributed by atoms with Crippen molar-refractivity contribution in [2.45, 2.75) is 6.92 Å². The summed E-state index contributed by atoms with van der Waals surface area (Å²) in [6.45, 7) is 1.22. The minimum absolute atomic E-state index is 0.0621. The zero-order chi connectivity index (χ0) is 21.4. The van der Waals surface area contributed by atoms with Crippen molar-refractivity contribution in [1.29, 1.82) is 0 Å². The van der Waals surface area contributed by atoms with Crippen LogP contribution in [0.1, 0.15) is 21.5 Å². The number of carbonyl (C=O) groups is 3. The lowest BCUT2D eigenvalue weighted by Crippen LogP contribution is -2.21. The van der Waals surface area contributed by atoms with Gasteiger partial charge in [0.2, 0.25) is 0 Å². The molecule has 0 saturated carbocycles. The van der Waals surface area contributed by atoms with E-state index < -0.39 is 29.4 Å². The molecule has 0 aliphatic rings. The predicted octanol–water partition coefficient (Wildman–Crippen LogP) is 2.88. The summed E-state index contributed by atoms with van der Waals surface area (Å²) in [5.41, 5.74) is 1.89. The van der Waals surface area contributed by atoms with Gasteiger partial charge >= 0.3 is 11.9 Å². The summed E-state index contributed by atoms with van der Waals surface area (Å²) in [4.78, 5) is 45.4. The van der Waals surface area contributed by atoms with Gasteiger partial charge in [-0.2, -0.15) is 0 Å². The Hall–Kier alpha value is -4.01. The summed E-state index contributed by atoms with van der Waals surface area (Å²) in [7, 11) is 1.25. The molecule has 0 bridgehead atoms. The Balaban J connectivity index is 1.89. The van der Waals surface area contributed by atoms with Crippen molar-refractivity contribution in [1.82, 2.24) is 0 Å². The lowest BCUT2D eigenvalue weighted by atomic mass is 10.1. The molecule has 0 fully saturated rings. The van der Waals surface area contributed by atoms with Crippen LogP contribution in [0.3, 0.4) is 0 Å². The molecule has 150 valence electrons. The predicted molar refractivity (Wildman–Crippen MR) is 104 cm³/mol. The van der Waals surface area contributed by atoms with Crippen molar-refractivity contribution in [2.75, 3.05) is 19.0 Å². The van der Waals surface area contributed by atoms with Gasteiger partial charge in [0.15, 0.2) is 6.61 Å². The highest BCUT2D eigenvalue weighted by Crippen LogP contribution is 2.17. The maximum atomic E-state index is 12.0. The average molecular weight is 398 g/mol. The second-order valence-corrected chi connectivity index (χ2v) is 5.86. The zero-order valence-corrected chi connectivity index (χ0v) is 15.7. The van der Waals surface area contributed by atoms with Crippen LogP contribution in [0.4, 0.5) is 11.4 Å². The number of rotatable bonds is 7. The number of anilines is 1. The van der Waals surface area contributed by atoms with E-state index in [1.54, 1.807) is 19.1 Å². The van der Waals surface area contributed by atoms with Crippen molar-refractivity contribution in [3.8, 4) is 0 Å². The van der Waals surface area contributed by atoms with Crippen LogP contribution in [0.5, 0.6) is 0 Å². The number of ether oxygens (including phenoxy) is 2. The minimum atomic E-state index is -0.751. The molecule has 9 nitrogen and oxygen atoms in total. The molecular formula is C20H18N2O7. The second kappa shape index (κ2) is 9.79. The number of aryl methyl sites for hydroxylation is 1. The summed E-state index contributed by atoms with van der Waals surface area (Å²) in [6, 6.07) is 10.3. The Morgan fingerprint density at radius 3 is 2.45 bits per heavy atom. The van der Waals surface area contributed by atoms with E-state index in [0.29, 0.717) is 11.3 Å². The molecule has 0 spiro atoms.